The van der Waals surface area contributed by atoms with Gasteiger partial charge in [0.05, 0.1) is 0 Å². The van der Waals surface area contributed by atoms with E-state index in [0.717, 1.165) is 11.1 Å². The van der Waals surface area contributed by atoms with Gasteiger partial charge in [-0.25, -0.2) is 0 Å². The minimum absolute atomic E-state index is 0.102. The van der Waals surface area contributed by atoms with Gasteiger partial charge in [-0.1, -0.05) is 47.1 Å². The molecule has 3 rings (SSSR count). The highest BCUT2D eigenvalue weighted by Crippen LogP contribution is 2.49. The number of carbonyl (C=O) groups excluding carboxylic acids is 1. The molecule has 25 heavy (non-hydrogen) atoms. The average molecular weight is 341 g/mol. The first-order valence-electron chi connectivity index (χ1n) is 9.62. The number of phenols is 1. The summed E-state index contributed by atoms with van der Waals surface area (Å²) in [5, 5.41) is 10.8. The third-order valence-electron chi connectivity index (χ3n) is 5.41. The van der Waals surface area contributed by atoms with Gasteiger partial charge in [0.25, 0.3) is 0 Å². The second-order valence-electron chi connectivity index (χ2n) is 9.98. The van der Waals surface area contributed by atoms with Gasteiger partial charge in [0.15, 0.2) is 5.78 Å². The second-order valence-corrected chi connectivity index (χ2v) is 9.98. The maximum Gasteiger partial charge on any atom is 0.185 e. The van der Waals surface area contributed by atoms with Crippen LogP contribution in [0.4, 0.5) is 0 Å². The lowest BCUT2D eigenvalue weighted by Crippen LogP contribution is -2.18. The number of allylic oxidation sites excluding steroid dienone is 2. The molecule has 2 aliphatic rings. The summed E-state index contributed by atoms with van der Waals surface area (Å²) in [6.45, 7) is 12.5. The van der Waals surface area contributed by atoms with Crippen molar-refractivity contribution >= 4 is 5.78 Å². The molecule has 0 heterocycles. The second kappa shape index (κ2) is 6.00. The van der Waals surface area contributed by atoms with E-state index in [1.165, 1.54) is 31.3 Å². The van der Waals surface area contributed by atoms with Crippen LogP contribution in [0.3, 0.4) is 0 Å². The first-order chi connectivity index (χ1) is 11.5. The topological polar surface area (TPSA) is 37.3 Å². The maximum atomic E-state index is 13.0. The van der Waals surface area contributed by atoms with Crippen LogP contribution >= 0.6 is 0 Å². The largest absolute Gasteiger partial charge is 0.507 e. The number of carbonyl (C=O) groups is 1. The molecule has 2 fully saturated rings. The molecule has 0 bridgehead atoms. The molecule has 2 saturated carbocycles. The Labute approximate surface area is 152 Å². The van der Waals surface area contributed by atoms with Gasteiger partial charge in [0.2, 0.25) is 0 Å². The molecule has 1 aromatic carbocycles. The fraction of sp³-hybridized carbons (Fsp3) is 0.609. The number of aromatic hydroxyl groups is 1. The average Bonchev–Trinajstić information content (AvgIpc) is 3.35. The lowest BCUT2D eigenvalue weighted by molar-refractivity contribution is 0.104. The monoisotopic (exact) mass is 340 g/mol. The van der Waals surface area contributed by atoms with Crippen LogP contribution in [-0.2, 0) is 10.8 Å². The van der Waals surface area contributed by atoms with Gasteiger partial charge in [-0.15, -0.1) is 0 Å². The molecule has 0 aliphatic heterocycles. The Balaban J connectivity index is 2.06. The van der Waals surface area contributed by atoms with Crippen molar-refractivity contribution in [2.45, 2.75) is 78.1 Å². The lowest BCUT2D eigenvalue weighted by atomic mass is 9.78. The fourth-order valence-electron chi connectivity index (χ4n) is 3.56. The Morgan fingerprint density at radius 2 is 1.32 bits per heavy atom. The summed E-state index contributed by atoms with van der Waals surface area (Å²) in [4.78, 5) is 13.0. The predicted octanol–water partition coefficient (Wildman–Crippen LogP) is 5.92. The SMILES string of the molecule is CC(C)(C)c1cc(C(=O)C=C(C2CC2)C2CC2)cc(C(C)(C)C)c1O. The predicted molar refractivity (Wildman–Crippen MR) is 103 cm³/mol. The van der Waals surface area contributed by atoms with Crippen LogP contribution in [0.2, 0.25) is 0 Å². The summed E-state index contributed by atoms with van der Waals surface area (Å²) in [5.74, 6) is 1.74. The minimum Gasteiger partial charge on any atom is -0.507 e. The molecule has 136 valence electrons. The van der Waals surface area contributed by atoms with Crippen LogP contribution in [0.5, 0.6) is 5.75 Å². The quantitative estimate of drug-likeness (QED) is 0.546. The van der Waals surface area contributed by atoms with Crippen LogP contribution < -0.4 is 0 Å². The highest BCUT2D eigenvalue weighted by atomic mass is 16.3. The first kappa shape index (κ1) is 18.2. The van der Waals surface area contributed by atoms with E-state index in [9.17, 15) is 9.90 Å². The Kier molecular flexibility index (Phi) is 4.38. The summed E-state index contributed by atoms with van der Waals surface area (Å²) < 4.78 is 0. The molecule has 2 nitrogen and oxygen atoms in total. The smallest absolute Gasteiger partial charge is 0.185 e. The molecule has 0 aromatic heterocycles. The summed E-state index contributed by atoms with van der Waals surface area (Å²) in [6.07, 6.45) is 6.88. The van der Waals surface area contributed by atoms with Crippen LogP contribution in [0, 0.1) is 11.8 Å². The molecule has 2 heteroatoms. The van der Waals surface area contributed by atoms with Gasteiger partial charge in [0.1, 0.15) is 5.75 Å². The zero-order valence-corrected chi connectivity index (χ0v) is 16.6. The molecule has 1 N–H and O–H groups in total. The van der Waals surface area contributed by atoms with Crippen LogP contribution in [0.15, 0.2) is 23.8 Å². The maximum absolute atomic E-state index is 13.0. The third kappa shape index (κ3) is 3.99. The normalized spacial score (nSPS) is 18.2. The highest BCUT2D eigenvalue weighted by Gasteiger charge is 2.37. The Morgan fingerprint density at radius 3 is 1.64 bits per heavy atom. The minimum atomic E-state index is -0.208. The van der Waals surface area contributed by atoms with E-state index in [0.29, 0.717) is 23.1 Å². The van der Waals surface area contributed by atoms with Crippen molar-refractivity contribution < 1.29 is 9.90 Å². The Hall–Kier alpha value is -1.57. The van der Waals surface area contributed by atoms with E-state index in [2.05, 4.69) is 41.5 Å². The zero-order valence-electron chi connectivity index (χ0n) is 16.6. The van der Waals surface area contributed by atoms with E-state index >= 15 is 0 Å². The number of phenolic OH excluding ortho intramolecular Hbond substituents is 1. The van der Waals surface area contributed by atoms with E-state index in [1.54, 1.807) is 0 Å². The Bertz CT molecular complexity index is 668. The number of ketones is 1. The number of hydrogen-bond acceptors (Lipinski definition) is 2. The molecule has 0 saturated heterocycles. The standard InChI is InChI=1S/C23H32O2/c1-22(2,3)18-11-16(12-19(21(18)25)23(4,5)6)20(24)13-17(14-7-8-14)15-9-10-15/h11-15,25H,7-10H2,1-6H3. The van der Waals surface area contributed by atoms with Crippen molar-refractivity contribution in [3.8, 4) is 5.75 Å². The molecule has 0 radical (unpaired) electrons. The van der Waals surface area contributed by atoms with Crippen LogP contribution in [0.25, 0.3) is 0 Å². The van der Waals surface area contributed by atoms with Crippen molar-refractivity contribution in [2.24, 2.45) is 11.8 Å². The summed E-state index contributed by atoms with van der Waals surface area (Å²) in [7, 11) is 0. The Morgan fingerprint density at radius 1 is 0.920 bits per heavy atom. The zero-order chi connectivity index (χ0) is 18.6. The van der Waals surface area contributed by atoms with Gasteiger partial charge in [0, 0.05) is 16.7 Å². The van der Waals surface area contributed by atoms with E-state index in [4.69, 9.17) is 0 Å². The van der Waals surface area contributed by atoms with Gasteiger partial charge >= 0.3 is 0 Å². The van der Waals surface area contributed by atoms with Crippen molar-refractivity contribution in [2.75, 3.05) is 0 Å². The van der Waals surface area contributed by atoms with Crippen molar-refractivity contribution in [1.82, 2.24) is 0 Å². The van der Waals surface area contributed by atoms with Gasteiger partial charge in [-0.3, -0.25) is 4.79 Å². The van der Waals surface area contributed by atoms with E-state index < -0.39 is 0 Å². The van der Waals surface area contributed by atoms with Gasteiger partial charge in [-0.2, -0.15) is 0 Å². The van der Waals surface area contributed by atoms with Crippen molar-refractivity contribution in [3.63, 3.8) is 0 Å². The summed E-state index contributed by atoms with van der Waals surface area (Å²) in [5.41, 5.74) is 3.39. The van der Waals surface area contributed by atoms with Gasteiger partial charge < -0.3 is 5.11 Å². The highest BCUT2D eigenvalue weighted by molar-refractivity contribution is 6.05. The third-order valence-corrected chi connectivity index (χ3v) is 5.41. The molecule has 0 atom stereocenters. The molecule has 1 aromatic rings. The molecule has 0 spiro atoms. The van der Waals surface area contributed by atoms with Crippen LogP contribution in [-0.4, -0.2) is 10.9 Å². The summed E-state index contributed by atoms with van der Waals surface area (Å²) >= 11 is 0. The van der Waals surface area contributed by atoms with Gasteiger partial charge in [-0.05, 0) is 66.6 Å². The molecular weight excluding hydrogens is 308 g/mol. The van der Waals surface area contributed by atoms with Crippen molar-refractivity contribution in [1.29, 1.82) is 0 Å². The fourth-order valence-corrected chi connectivity index (χ4v) is 3.56. The number of benzene rings is 1. The molecule has 0 amide bonds. The number of rotatable bonds is 4. The summed E-state index contributed by atoms with van der Waals surface area (Å²) in [6, 6.07) is 3.81. The van der Waals surface area contributed by atoms with Crippen molar-refractivity contribution in [3.05, 3.63) is 40.5 Å². The van der Waals surface area contributed by atoms with E-state index in [1.807, 2.05) is 18.2 Å². The van der Waals surface area contributed by atoms with E-state index in [-0.39, 0.29) is 16.6 Å². The first-order valence-corrected chi connectivity index (χ1v) is 9.62. The number of hydrogen-bond donors (Lipinski definition) is 1. The molecule has 2 aliphatic carbocycles. The van der Waals surface area contributed by atoms with Crippen LogP contribution in [0.1, 0.15) is 88.7 Å². The molecule has 0 unspecified atom stereocenters. The lowest BCUT2D eigenvalue weighted by Gasteiger charge is -2.28. The molecular formula is C23H32O2.